The van der Waals surface area contributed by atoms with Crippen molar-refractivity contribution < 1.29 is 18.3 Å². The van der Waals surface area contributed by atoms with E-state index in [2.05, 4.69) is 15.0 Å². The molecular formula is C15H24F2N4O2Si. The maximum absolute atomic E-state index is 14.5. The van der Waals surface area contributed by atoms with E-state index >= 15 is 0 Å². The first-order valence-electron chi connectivity index (χ1n) is 7.75. The Bertz CT molecular complexity index is 713. The molecule has 0 radical (unpaired) electrons. The van der Waals surface area contributed by atoms with Crippen LogP contribution in [0.3, 0.4) is 0 Å². The van der Waals surface area contributed by atoms with Crippen molar-refractivity contribution >= 4 is 19.5 Å². The minimum atomic E-state index is -3.10. The van der Waals surface area contributed by atoms with Gasteiger partial charge in [-0.1, -0.05) is 20.8 Å². The molecule has 0 aliphatic rings. The molecule has 24 heavy (non-hydrogen) atoms. The van der Waals surface area contributed by atoms with Crippen molar-refractivity contribution in [2.45, 2.75) is 58.0 Å². The highest BCUT2D eigenvalue weighted by atomic mass is 28.4. The van der Waals surface area contributed by atoms with Crippen LogP contribution in [0.4, 0.5) is 8.78 Å². The van der Waals surface area contributed by atoms with Crippen molar-refractivity contribution in [2.75, 3.05) is 6.61 Å². The SMILES string of the molecule is CC(C)(C)[Si](C)(C)OCC(F)(F)Cn1c(CO)nc2cncnc21. The standard InChI is InChI=1S/C15H24F2N4O2Si/c1-14(2,3)24(4,5)23-9-15(16,17)8-21-12(7-22)20-11-6-18-10-19-13(11)21/h6,10,22H,7-9H2,1-5H3. The zero-order valence-electron chi connectivity index (χ0n) is 14.7. The molecule has 0 spiro atoms. The third-order valence-corrected chi connectivity index (χ3v) is 8.95. The van der Waals surface area contributed by atoms with Crippen molar-refractivity contribution in [2.24, 2.45) is 0 Å². The van der Waals surface area contributed by atoms with Gasteiger partial charge in [-0.3, -0.25) is 0 Å². The predicted molar refractivity (Wildman–Crippen MR) is 89.3 cm³/mol. The van der Waals surface area contributed by atoms with Crippen LogP contribution in [0.15, 0.2) is 12.5 Å². The van der Waals surface area contributed by atoms with E-state index in [0.717, 1.165) is 0 Å². The lowest BCUT2D eigenvalue weighted by molar-refractivity contribution is -0.0586. The normalized spacial score (nSPS) is 13.7. The van der Waals surface area contributed by atoms with Crippen LogP contribution in [-0.2, 0) is 17.6 Å². The van der Waals surface area contributed by atoms with Gasteiger partial charge in [0.25, 0.3) is 5.92 Å². The summed E-state index contributed by atoms with van der Waals surface area (Å²) in [6.45, 7) is 8.11. The number of aromatic nitrogens is 4. The molecule has 2 rings (SSSR count). The Balaban J connectivity index is 2.20. The molecule has 0 unspecified atom stereocenters. The van der Waals surface area contributed by atoms with Crippen molar-refractivity contribution in [1.82, 2.24) is 19.5 Å². The first-order chi connectivity index (χ1) is 11.0. The highest BCUT2D eigenvalue weighted by Crippen LogP contribution is 2.37. The highest BCUT2D eigenvalue weighted by Gasteiger charge is 2.41. The molecule has 2 aromatic heterocycles. The molecule has 0 saturated heterocycles. The molecule has 0 fully saturated rings. The Hall–Kier alpha value is -1.45. The number of halogens is 2. The van der Waals surface area contributed by atoms with Crippen LogP contribution < -0.4 is 0 Å². The van der Waals surface area contributed by atoms with Crippen LogP contribution in [0.5, 0.6) is 0 Å². The zero-order chi connectivity index (χ0) is 18.2. The Morgan fingerprint density at radius 3 is 2.54 bits per heavy atom. The number of fused-ring (bicyclic) bond motifs is 1. The molecule has 0 aliphatic heterocycles. The number of aliphatic hydroxyl groups is 1. The lowest BCUT2D eigenvalue weighted by Gasteiger charge is -2.37. The zero-order valence-corrected chi connectivity index (χ0v) is 15.7. The quantitative estimate of drug-likeness (QED) is 0.804. The van der Waals surface area contributed by atoms with Crippen LogP contribution in [0, 0.1) is 0 Å². The van der Waals surface area contributed by atoms with Gasteiger partial charge in [0.1, 0.15) is 24.3 Å². The van der Waals surface area contributed by atoms with Crippen molar-refractivity contribution in [3.63, 3.8) is 0 Å². The largest absolute Gasteiger partial charge is 0.411 e. The monoisotopic (exact) mass is 358 g/mol. The molecule has 2 aromatic rings. The predicted octanol–water partition coefficient (Wildman–Crippen LogP) is 2.98. The Kier molecular flexibility index (Phi) is 5.08. The van der Waals surface area contributed by atoms with E-state index in [1.165, 1.54) is 17.1 Å². The van der Waals surface area contributed by atoms with Crippen LogP contribution in [0.25, 0.3) is 11.2 Å². The van der Waals surface area contributed by atoms with E-state index in [0.29, 0.717) is 5.52 Å². The summed E-state index contributed by atoms with van der Waals surface area (Å²) >= 11 is 0. The second-order valence-corrected chi connectivity index (χ2v) is 12.2. The van der Waals surface area contributed by atoms with Gasteiger partial charge in [0.05, 0.1) is 19.3 Å². The van der Waals surface area contributed by atoms with Gasteiger partial charge in [0.15, 0.2) is 14.0 Å². The molecule has 1 N–H and O–H groups in total. The molecule has 9 heteroatoms. The van der Waals surface area contributed by atoms with Crippen LogP contribution in [0.1, 0.15) is 26.6 Å². The van der Waals surface area contributed by atoms with Crippen LogP contribution >= 0.6 is 0 Å². The van der Waals surface area contributed by atoms with E-state index in [9.17, 15) is 13.9 Å². The molecular weight excluding hydrogens is 334 g/mol. The number of hydrogen-bond donors (Lipinski definition) is 1. The summed E-state index contributed by atoms with van der Waals surface area (Å²) in [6.07, 6.45) is 2.70. The van der Waals surface area contributed by atoms with E-state index in [-0.39, 0.29) is 16.5 Å². The fourth-order valence-corrected chi connectivity index (χ4v) is 3.00. The van der Waals surface area contributed by atoms with Gasteiger partial charge in [0.2, 0.25) is 0 Å². The maximum atomic E-state index is 14.5. The number of alkyl halides is 2. The second kappa shape index (κ2) is 6.45. The maximum Gasteiger partial charge on any atom is 0.287 e. The van der Waals surface area contributed by atoms with E-state index in [1.54, 1.807) is 0 Å². The van der Waals surface area contributed by atoms with Gasteiger partial charge in [-0.05, 0) is 18.1 Å². The first kappa shape index (κ1) is 18.9. The summed E-state index contributed by atoms with van der Waals surface area (Å²) in [5.41, 5.74) is 0.656. The summed E-state index contributed by atoms with van der Waals surface area (Å²) in [6, 6.07) is 0. The third kappa shape index (κ3) is 3.96. The lowest BCUT2D eigenvalue weighted by Crippen LogP contribution is -2.44. The summed E-state index contributed by atoms with van der Waals surface area (Å²) in [5.74, 6) is -2.96. The third-order valence-electron chi connectivity index (χ3n) is 4.47. The number of imidazole rings is 1. The number of hydrogen-bond acceptors (Lipinski definition) is 5. The highest BCUT2D eigenvalue weighted by molar-refractivity contribution is 6.74. The average Bonchev–Trinajstić information content (AvgIpc) is 2.82. The molecule has 134 valence electrons. The van der Waals surface area contributed by atoms with Gasteiger partial charge in [0, 0.05) is 0 Å². The Morgan fingerprint density at radius 2 is 1.96 bits per heavy atom. The molecule has 2 heterocycles. The molecule has 0 aliphatic carbocycles. The topological polar surface area (TPSA) is 73.1 Å². The summed E-state index contributed by atoms with van der Waals surface area (Å²) in [5, 5.41) is 9.24. The average molecular weight is 358 g/mol. The lowest BCUT2D eigenvalue weighted by atomic mass is 10.2. The Morgan fingerprint density at radius 1 is 1.29 bits per heavy atom. The number of aliphatic hydroxyl groups excluding tert-OH is 1. The summed E-state index contributed by atoms with van der Waals surface area (Å²) < 4.78 is 35.8. The first-order valence-corrected chi connectivity index (χ1v) is 10.7. The van der Waals surface area contributed by atoms with Gasteiger partial charge >= 0.3 is 0 Å². The molecule has 0 bridgehead atoms. The minimum Gasteiger partial charge on any atom is -0.411 e. The van der Waals surface area contributed by atoms with Gasteiger partial charge in [-0.25, -0.2) is 23.7 Å². The van der Waals surface area contributed by atoms with Gasteiger partial charge in [-0.15, -0.1) is 0 Å². The fourth-order valence-electron chi connectivity index (χ4n) is 1.99. The smallest absolute Gasteiger partial charge is 0.287 e. The summed E-state index contributed by atoms with van der Waals surface area (Å²) in [7, 11) is -2.27. The van der Waals surface area contributed by atoms with Crippen molar-refractivity contribution in [1.29, 1.82) is 0 Å². The van der Waals surface area contributed by atoms with Crippen molar-refractivity contribution in [3.05, 3.63) is 18.3 Å². The molecule has 6 nitrogen and oxygen atoms in total. The number of rotatable bonds is 6. The molecule has 0 atom stereocenters. The van der Waals surface area contributed by atoms with E-state index < -0.39 is 34.0 Å². The molecule has 0 aromatic carbocycles. The molecule has 0 amide bonds. The summed E-state index contributed by atoms with van der Waals surface area (Å²) in [4.78, 5) is 11.9. The minimum absolute atomic E-state index is 0.137. The van der Waals surface area contributed by atoms with Crippen LogP contribution in [-0.4, -0.2) is 45.5 Å². The van der Waals surface area contributed by atoms with Crippen LogP contribution in [0.2, 0.25) is 18.1 Å². The molecule has 0 saturated carbocycles. The van der Waals surface area contributed by atoms with Gasteiger partial charge < -0.3 is 14.1 Å². The Labute approximate surface area is 141 Å². The number of nitrogens with zero attached hydrogens (tertiary/aromatic N) is 4. The fraction of sp³-hybridized carbons (Fsp3) is 0.667. The van der Waals surface area contributed by atoms with Gasteiger partial charge in [-0.2, -0.15) is 0 Å². The van der Waals surface area contributed by atoms with E-state index in [4.69, 9.17) is 4.43 Å². The van der Waals surface area contributed by atoms with E-state index in [1.807, 2.05) is 33.9 Å². The second-order valence-electron chi connectivity index (χ2n) is 7.41. The van der Waals surface area contributed by atoms with Crippen molar-refractivity contribution in [3.8, 4) is 0 Å².